The van der Waals surface area contributed by atoms with Crippen LogP contribution in [-0.4, -0.2) is 36.6 Å². The van der Waals surface area contributed by atoms with Gasteiger partial charge in [-0.05, 0) is 43.3 Å². The van der Waals surface area contributed by atoms with E-state index in [1.165, 1.54) is 0 Å². The molecule has 136 valence electrons. The summed E-state index contributed by atoms with van der Waals surface area (Å²) in [6.45, 7) is 2.00. The van der Waals surface area contributed by atoms with Crippen LogP contribution >= 0.6 is 12.2 Å². The van der Waals surface area contributed by atoms with E-state index in [2.05, 4.69) is 16.0 Å². The molecule has 0 saturated heterocycles. The van der Waals surface area contributed by atoms with Gasteiger partial charge in [0.25, 0.3) is 0 Å². The maximum atomic E-state index is 11.7. The van der Waals surface area contributed by atoms with Crippen LogP contribution in [0.3, 0.4) is 0 Å². The number of carbonyl (C=O) groups is 3. The summed E-state index contributed by atoms with van der Waals surface area (Å²) in [6, 6.07) is 7.40. The normalized spacial score (nSPS) is 9.84. The van der Waals surface area contributed by atoms with E-state index in [1.807, 2.05) is 24.3 Å². The predicted molar refractivity (Wildman–Crippen MR) is 99.1 cm³/mol. The summed E-state index contributed by atoms with van der Waals surface area (Å²) in [7, 11) is 1.61. The molecule has 0 spiro atoms. The van der Waals surface area contributed by atoms with Gasteiger partial charge in [0.1, 0.15) is 0 Å². The molecular weight excluding hydrogens is 342 g/mol. The van der Waals surface area contributed by atoms with E-state index in [0.717, 1.165) is 11.3 Å². The second-order valence-corrected chi connectivity index (χ2v) is 5.59. The summed E-state index contributed by atoms with van der Waals surface area (Å²) in [4.78, 5) is 34.1. The minimum absolute atomic E-state index is 0.00564. The van der Waals surface area contributed by atoms with Crippen LogP contribution in [0.5, 0.6) is 0 Å². The molecule has 1 aromatic carbocycles. The average molecular weight is 365 g/mol. The Morgan fingerprint density at radius 1 is 1.04 bits per heavy atom. The van der Waals surface area contributed by atoms with Gasteiger partial charge in [-0.2, -0.15) is 0 Å². The number of aryl methyl sites for hydroxylation is 1. The van der Waals surface area contributed by atoms with Crippen molar-refractivity contribution in [3.8, 4) is 0 Å². The Morgan fingerprint density at radius 3 is 2.32 bits per heavy atom. The zero-order chi connectivity index (χ0) is 18.7. The quantitative estimate of drug-likeness (QED) is 0.477. The zero-order valence-electron chi connectivity index (χ0n) is 14.4. The molecule has 25 heavy (non-hydrogen) atoms. The first-order valence-corrected chi connectivity index (χ1v) is 8.41. The van der Waals surface area contributed by atoms with E-state index in [-0.39, 0.29) is 29.8 Å². The number of nitrogens with one attached hydrogen (secondary N) is 3. The maximum Gasteiger partial charge on any atom is 0.306 e. The van der Waals surface area contributed by atoms with Gasteiger partial charge in [-0.25, -0.2) is 0 Å². The summed E-state index contributed by atoms with van der Waals surface area (Å²) in [5.74, 6) is -0.773. The molecule has 0 atom stereocenters. The lowest BCUT2D eigenvalue weighted by Gasteiger charge is -2.10. The third-order valence-corrected chi connectivity index (χ3v) is 3.45. The Kier molecular flexibility index (Phi) is 9.16. The summed E-state index contributed by atoms with van der Waals surface area (Å²) in [5, 5.41) is 8.14. The second-order valence-electron chi connectivity index (χ2n) is 5.18. The maximum absolute atomic E-state index is 11.7. The van der Waals surface area contributed by atoms with E-state index < -0.39 is 5.97 Å². The lowest BCUT2D eigenvalue weighted by atomic mass is 10.1. The topological polar surface area (TPSA) is 96.5 Å². The molecule has 0 fully saturated rings. The largest absolute Gasteiger partial charge is 0.466 e. The van der Waals surface area contributed by atoms with Crippen LogP contribution in [0.15, 0.2) is 24.3 Å². The predicted octanol–water partition coefficient (Wildman–Crippen LogP) is 1.52. The molecule has 0 unspecified atom stereocenters. The molecule has 7 nitrogen and oxygen atoms in total. The van der Waals surface area contributed by atoms with Crippen molar-refractivity contribution in [2.45, 2.75) is 32.6 Å². The van der Waals surface area contributed by atoms with Crippen LogP contribution in [0.1, 0.15) is 31.7 Å². The molecule has 0 aliphatic heterocycles. The fourth-order valence-corrected chi connectivity index (χ4v) is 2.17. The molecule has 0 aromatic heterocycles. The minimum Gasteiger partial charge on any atom is -0.466 e. The van der Waals surface area contributed by atoms with Gasteiger partial charge in [-0.3, -0.25) is 14.4 Å². The molecular formula is C17H23N3O4S. The van der Waals surface area contributed by atoms with Crippen molar-refractivity contribution >= 4 is 40.8 Å². The number of hydrogen-bond acceptors (Lipinski definition) is 5. The molecule has 8 heteroatoms. The molecule has 0 bridgehead atoms. The van der Waals surface area contributed by atoms with E-state index >= 15 is 0 Å². The van der Waals surface area contributed by atoms with Gasteiger partial charge in [-0.1, -0.05) is 12.1 Å². The third-order valence-electron chi connectivity index (χ3n) is 3.25. The number of anilines is 1. The first-order valence-electron chi connectivity index (χ1n) is 8.00. The van der Waals surface area contributed by atoms with Crippen LogP contribution in [0.2, 0.25) is 0 Å². The summed E-state index contributed by atoms with van der Waals surface area (Å²) in [6.07, 6.45) is 1.11. The molecule has 0 heterocycles. The second kappa shape index (κ2) is 11.1. The van der Waals surface area contributed by atoms with Crippen molar-refractivity contribution in [1.82, 2.24) is 10.6 Å². The zero-order valence-corrected chi connectivity index (χ0v) is 15.2. The number of rotatable bonds is 8. The van der Waals surface area contributed by atoms with Gasteiger partial charge in [-0.15, -0.1) is 0 Å². The average Bonchev–Trinajstić information content (AvgIpc) is 2.59. The molecule has 1 rings (SSSR count). The van der Waals surface area contributed by atoms with Crippen molar-refractivity contribution in [2.75, 3.05) is 19.0 Å². The molecule has 0 aliphatic carbocycles. The number of thiocarbonyl (C=S) groups is 1. The van der Waals surface area contributed by atoms with Crippen LogP contribution in [0, 0.1) is 0 Å². The summed E-state index contributed by atoms with van der Waals surface area (Å²) >= 11 is 5.07. The van der Waals surface area contributed by atoms with Crippen molar-refractivity contribution < 1.29 is 19.1 Å². The molecule has 0 saturated carbocycles. The van der Waals surface area contributed by atoms with Crippen LogP contribution < -0.4 is 16.0 Å². The third kappa shape index (κ3) is 8.80. The number of carbonyl (C=O) groups excluding carboxylic acids is 3. The number of amides is 2. The standard InChI is InChI=1S/C17H23N3O4S/c1-3-24-16(23)11-10-15(22)20-17(25)19-13-7-4-12(5-8-13)6-9-14(21)18-2/h4-5,7-8H,3,6,9-11H2,1-2H3,(H,18,21)(H2,19,20,22,25). The van der Waals surface area contributed by atoms with Gasteiger partial charge in [0.05, 0.1) is 13.0 Å². The Hall–Kier alpha value is -2.48. The summed E-state index contributed by atoms with van der Waals surface area (Å²) in [5.41, 5.74) is 1.75. The number of ether oxygens (including phenoxy) is 1. The fourth-order valence-electron chi connectivity index (χ4n) is 1.94. The van der Waals surface area contributed by atoms with Gasteiger partial charge in [0.15, 0.2) is 5.11 Å². The lowest BCUT2D eigenvalue weighted by molar-refractivity contribution is -0.144. The summed E-state index contributed by atoms with van der Waals surface area (Å²) < 4.78 is 4.75. The monoisotopic (exact) mass is 365 g/mol. The first kappa shape index (κ1) is 20.6. The van der Waals surface area contributed by atoms with Crippen molar-refractivity contribution in [3.05, 3.63) is 29.8 Å². The van der Waals surface area contributed by atoms with Crippen LogP contribution in [-0.2, 0) is 25.5 Å². The highest BCUT2D eigenvalue weighted by Crippen LogP contribution is 2.11. The lowest BCUT2D eigenvalue weighted by Crippen LogP contribution is -2.34. The number of esters is 1. The van der Waals surface area contributed by atoms with E-state index in [0.29, 0.717) is 19.4 Å². The Morgan fingerprint density at radius 2 is 1.72 bits per heavy atom. The first-order chi connectivity index (χ1) is 11.9. The van der Waals surface area contributed by atoms with Gasteiger partial charge < -0.3 is 20.7 Å². The molecule has 3 N–H and O–H groups in total. The SMILES string of the molecule is CCOC(=O)CCC(=O)NC(=S)Nc1ccc(CCC(=O)NC)cc1. The van der Waals surface area contributed by atoms with E-state index in [1.54, 1.807) is 14.0 Å². The fraction of sp³-hybridized carbons (Fsp3) is 0.412. The van der Waals surface area contributed by atoms with E-state index in [4.69, 9.17) is 17.0 Å². The highest BCUT2D eigenvalue weighted by Gasteiger charge is 2.09. The number of hydrogen-bond donors (Lipinski definition) is 3. The smallest absolute Gasteiger partial charge is 0.306 e. The van der Waals surface area contributed by atoms with Crippen molar-refractivity contribution in [3.63, 3.8) is 0 Å². The molecule has 2 amide bonds. The molecule has 0 radical (unpaired) electrons. The highest BCUT2D eigenvalue weighted by molar-refractivity contribution is 7.80. The molecule has 0 aliphatic rings. The Balaban J connectivity index is 2.37. The highest BCUT2D eigenvalue weighted by atomic mass is 32.1. The Bertz CT molecular complexity index is 617. The van der Waals surface area contributed by atoms with E-state index in [9.17, 15) is 14.4 Å². The van der Waals surface area contributed by atoms with Gasteiger partial charge in [0, 0.05) is 25.6 Å². The van der Waals surface area contributed by atoms with Crippen LogP contribution in [0.25, 0.3) is 0 Å². The minimum atomic E-state index is -0.413. The molecule has 1 aromatic rings. The Labute approximate surface area is 152 Å². The number of benzene rings is 1. The van der Waals surface area contributed by atoms with Crippen LogP contribution in [0.4, 0.5) is 5.69 Å². The van der Waals surface area contributed by atoms with Crippen molar-refractivity contribution in [1.29, 1.82) is 0 Å². The van der Waals surface area contributed by atoms with Crippen molar-refractivity contribution in [2.24, 2.45) is 0 Å². The van der Waals surface area contributed by atoms with Gasteiger partial charge >= 0.3 is 5.97 Å². The van der Waals surface area contributed by atoms with Gasteiger partial charge in [0.2, 0.25) is 11.8 Å².